The second-order valence-corrected chi connectivity index (χ2v) is 6.86. The molecule has 0 radical (unpaired) electrons. The highest BCUT2D eigenvalue weighted by molar-refractivity contribution is 6.32. The third-order valence-corrected chi connectivity index (χ3v) is 5.05. The standard InChI is InChI=1S/C17H25ClN2O2/c1-12-3-4-20(11-14(12)9-19)10-13-7-15(18)17-16(8-13)21-5-2-6-22-17/h7-8,12,14H,2-6,9-11,19H2,1H3. The molecule has 22 heavy (non-hydrogen) atoms. The fraction of sp³-hybridized carbons (Fsp3) is 0.647. The van der Waals surface area contributed by atoms with E-state index in [0.717, 1.165) is 38.3 Å². The minimum Gasteiger partial charge on any atom is -0.489 e. The van der Waals surface area contributed by atoms with Crippen LogP contribution in [0.2, 0.25) is 5.02 Å². The van der Waals surface area contributed by atoms with Crippen molar-refractivity contribution in [2.45, 2.75) is 26.3 Å². The molecule has 0 aliphatic carbocycles. The van der Waals surface area contributed by atoms with E-state index in [4.69, 9.17) is 26.8 Å². The Balaban J connectivity index is 1.73. The van der Waals surface area contributed by atoms with Crippen LogP contribution < -0.4 is 15.2 Å². The molecule has 0 bridgehead atoms. The number of piperidine rings is 1. The first-order chi connectivity index (χ1) is 10.7. The molecular formula is C17H25ClN2O2. The lowest BCUT2D eigenvalue weighted by atomic mass is 9.87. The van der Waals surface area contributed by atoms with Crippen LogP contribution in [0.1, 0.15) is 25.3 Å². The van der Waals surface area contributed by atoms with Crippen LogP contribution in [0.4, 0.5) is 0 Å². The van der Waals surface area contributed by atoms with Gasteiger partial charge in [0.1, 0.15) is 0 Å². The molecule has 1 aromatic rings. The molecule has 5 heteroatoms. The van der Waals surface area contributed by atoms with Crippen LogP contribution >= 0.6 is 11.6 Å². The SMILES string of the molecule is CC1CCN(Cc2cc(Cl)c3c(c2)OCCCO3)CC1CN. The molecule has 2 N–H and O–H groups in total. The van der Waals surface area contributed by atoms with Gasteiger partial charge < -0.3 is 15.2 Å². The summed E-state index contributed by atoms with van der Waals surface area (Å²) in [5.74, 6) is 2.77. The summed E-state index contributed by atoms with van der Waals surface area (Å²) in [6, 6.07) is 4.08. The smallest absolute Gasteiger partial charge is 0.179 e. The molecule has 2 unspecified atom stereocenters. The minimum atomic E-state index is 0.588. The number of benzene rings is 1. The Labute approximate surface area is 137 Å². The van der Waals surface area contributed by atoms with Crippen molar-refractivity contribution in [3.63, 3.8) is 0 Å². The molecule has 2 atom stereocenters. The summed E-state index contributed by atoms with van der Waals surface area (Å²) in [7, 11) is 0. The Hall–Kier alpha value is -0.970. The van der Waals surface area contributed by atoms with Crippen molar-refractivity contribution in [1.29, 1.82) is 0 Å². The van der Waals surface area contributed by atoms with Crippen molar-refractivity contribution in [3.05, 3.63) is 22.7 Å². The molecule has 122 valence electrons. The van der Waals surface area contributed by atoms with Gasteiger partial charge in [-0.25, -0.2) is 0 Å². The van der Waals surface area contributed by atoms with E-state index in [1.807, 2.05) is 6.07 Å². The highest BCUT2D eigenvalue weighted by Gasteiger charge is 2.25. The third-order valence-electron chi connectivity index (χ3n) is 4.77. The Morgan fingerprint density at radius 3 is 2.95 bits per heavy atom. The van der Waals surface area contributed by atoms with E-state index in [2.05, 4.69) is 17.9 Å². The molecule has 1 saturated heterocycles. The Bertz CT molecular complexity index is 524. The van der Waals surface area contributed by atoms with Gasteiger partial charge in [-0.1, -0.05) is 18.5 Å². The zero-order valence-electron chi connectivity index (χ0n) is 13.2. The van der Waals surface area contributed by atoms with Gasteiger partial charge in [0.2, 0.25) is 0 Å². The largest absolute Gasteiger partial charge is 0.489 e. The number of hydrogen-bond donors (Lipinski definition) is 1. The van der Waals surface area contributed by atoms with E-state index in [1.165, 1.54) is 12.0 Å². The van der Waals surface area contributed by atoms with Crippen LogP contribution in [0.5, 0.6) is 11.5 Å². The minimum absolute atomic E-state index is 0.588. The van der Waals surface area contributed by atoms with Crippen molar-refractivity contribution < 1.29 is 9.47 Å². The summed E-state index contributed by atoms with van der Waals surface area (Å²) in [6.07, 6.45) is 2.10. The summed E-state index contributed by atoms with van der Waals surface area (Å²) in [5.41, 5.74) is 7.08. The zero-order chi connectivity index (χ0) is 15.5. The van der Waals surface area contributed by atoms with Gasteiger partial charge in [0.15, 0.2) is 11.5 Å². The number of fused-ring (bicyclic) bond motifs is 1. The summed E-state index contributed by atoms with van der Waals surface area (Å²) < 4.78 is 11.5. The lowest BCUT2D eigenvalue weighted by molar-refractivity contribution is 0.126. The number of likely N-dealkylation sites (tertiary alicyclic amines) is 1. The predicted molar refractivity (Wildman–Crippen MR) is 88.7 cm³/mol. The topological polar surface area (TPSA) is 47.7 Å². The first-order valence-electron chi connectivity index (χ1n) is 8.18. The number of halogens is 1. The van der Waals surface area contributed by atoms with E-state index >= 15 is 0 Å². The maximum absolute atomic E-state index is 6.37. The van der Waals surface area contributed by atoms with Crippen LogP contribution in [0.3, 0.4) is 0 Å². The fourth-order valence-electron chi connectivity index (χ4n) is 3.31. The van der Waals surface area contributed by atoms with Gasteiger partial charge in [-0.05, 0) is 49.0 Å². The van der Waals surface area contributed by atoms with Crippen LogP contribution in [0.25, 0.3) is 0 Å². The molecule has 4 nitrogen and oxygen atoms in total. The highest BCUT2D eigenvalue weighted by atomic mass is 35.5. The fourth-order valence-corrected chi connectivity index (χ4v) is 3.60. The van der Waals surface area contributed by atoms with Crippen LogP contribution in [-0.2, 0) is 6.54 Å². The van der Waals surface area contributed by atoms with Crippen molar-refractivity contribution in [2.75, 3.05) is 32.8 Å². The summed E-state index contributed by atoms with van der Waals surface area (Å²) in [6.45, 7) is 7.48. The van der Waals surface area contributed by atoms with Crippen LogP contribution in [0, 0.1) is 11.8 Å². The number of nitrogens with two attached hydrogens (primary N) is 1. The van der Waals surface area contributed by atoms with E-state index in [-0.39, 0.29) is 0 Å². The van der Waals surface area contributed by atoms with Gasteiger partial charge in [-0.15, -0.1) is 0 Å². The molecule has 1 fully saturated rings. The lowest BCUT2D eigenvalue weighted by Crippen LogP contribution is -2.42. The number of hydrogen-bond acceptors (Lipinski definition) is 4. The van der Waals surface area contributed by atoms with Crippen molar-refractivity contribution in [2.24, 2.45) is 17.6 Å². The maximum atomic E-state index is 6.37. The Morgan fingerprint density at radius 2 is 2.14 bits per heavy atom. The van der Waals surface area contributed by atoms with Crippen molar-refractivity contribution >= 4 is 11.6 Å². The monoisotopic (exact) mass is 324 g/mol. The molecule has 0 aromatic heterocycles. The van der Waals surface area contributed by atoms with Gasteiger partial charge in [-0.2, -0.15) is 0 Å². The summed E-state index contributed by atoms with van der Waals surface area (Å²) in [4.78, 5) is 2.47. The Kier molecular flexibility index (Phi) is 5.11. The van der Waals surface area contributed by atoms with E-state index in [9.17, 15) is 0 Å². The number of ether oxygens (including phenoxy) is 2. The molecule has 3 rings (SSSR count). The van der Waals surface area contributed by atoms with E-state index in [0.29, 0.717) is 35.8 Å². The molecule has 0 saturated carbocycles. The zero-order valence-corrected chi connectivity index (χ0v) is 13.9. The van der Waals surface area contributed by atoms with Crippen LogP contribution in [-0.4, -0.2) is 37.7 Å². The first-order valence-corrected chi connectivity index (χ1v) is 8.55. The molecule has 1 aromatic carbocycles. The number of nitrogens with zero attached hydrogens (tertiary/aromatic N) is 1. The molecule has 2 aliphatic rings. The quantitative estimate of drug-likeness (QED) is 0.928. The van der Waals surface area contributed by atoms with Crippen molar-refractivity contribution in [1.82, 2.24) is 4.90 Å². The average molecular weight is 325 g/mol. The highest BCUT2D eigenvalue weighted by Crippen LogP contribution is 2.38. The van der Waals surface area contributed by atoms with Gasteiger partial charge in [0.25, 0.3) is 0 Å². The lowest BCUT2D eigenvalue weighted by Gasteiger charge is -2.36. The van der Waals surface area contributed by atoms with Crippen LogP contribution in [0.15, 0.2) is 12.1 Å². The van der Waals surface area contributed by atoms with Gasteiger partial charge in [0, 0.05) is 19.5 Å². The second-order valence-electron chi connectivity index (χ2n) is 6.45. The summed E-state index contributed by atoms with van der Waals surface area (Å²) >= 11 is 6.37. The Morgan fingerprint density at radius 1 is 1.32 bits per heavy atom. The first kappa shape index (κ1) is 15.9. The van der Waals surface area contributed by atoms with E-state index < -0.39 is 0 Å². The van der Waals surface area contributed by atoms with Crippen molar-refractivity contribution in [3.8, 4) is 11.5 Å². The third kappa shape index (κ3) is 3.50. The van der Waals surface area contributed by atoms with Gasteiger partial charge in [-0.3, -0.25) is 4.90 Å². The molecule has 2 aliphatic heterocycles. The van der Waals surface area contributed by atoms with E-state index in [1.54, 1.807) is 0 Å². The molecule has 0 spiro atoms. The average Bonchev–Trinajstić information content (AvgIpc) is 2.75. The van der Waals surface area contributed by atoms with Gasteiger partial charge in [0.05, 0.1) is 18.2 Å². The maximum Gasteiger partial charge on any atom is 0.179 e. The second kappa shape index (κ2) is 7.07. The molecular weight excluding hydrogens is 300 g/mol. The molecule has 0 amide bonds. The van der Waals surface area contributed by atoms with Gasteiger partial charge >= 0.3 is 0 Å². The predicted octanol–water partition coefficient (Wildman–Crippen LogP) is 2.92. The summed E-state index contributed by atoms with van der Waals surface area (Å²) in [5, 5.41) is 0.648. The number of rotatable bonds is 3. The normalized spacial score (nSPS) is 25.8. The molecule has 2 heterocycles.